The average molecular weight is 600 g/mol. The molecular weight excluding hydrogens is 558 g/mol. The molecule has 5 rings (SSSR count). The van der Waals surface area contributed by atoms with E-state index >= 15 is 0 Å². The maximum atomic E-state index is 6.08. The Morgan fingerprint density at radius 3 is 2.24 bits per heavy atom. The normalized spacial score (nSPS) is 12.6. The van der Waals surface area contributed by atoms with Gasteiger partial charge >= 0.3 is 0 Å². The van der Waals surface area contributed by atoms with Crippen LogP contribution in [-0.4, -0.2) is 9.55 Å². The zero-order valence-electron chi connectivity index (χ0n) is 27.2. The lowest BCUT2D eigenvalue weighted by Gasteiger charge is -2.18. The third kappa shape index (κ3) is 5.88. The van der Waals surface area contributed by atoms with Crippen LogP contribution in [0.25, 0.3) is 56.6 Å². The van der Waals surface area contributed by atoms with Crippen molar-refractivity contribution < 1.29 is 0 Å². The smallest absolute Gasteiger partial charge is 0.0698 e. The monoisotopic (exact) mass is 599 g/mol. The molecule has 0 amide bonds. The highest BCUT2D eigenvalue weighted by Gasteiger charge is 2.22. The Kier molecular flexibility index (Phi) is 9.64. The molecule has 0 aliphatic heterocycles. The van der Waals surface area contributed by atoms with Gasteiger partial charge in [-0.2, -0.15) is 0 Å². The fraction of sp³-hybridized carbons (Fsp3) is 0.0930. The molecule has 0 aliphatic rings. The second-order valence-electron chi connectivity index (χ2n) is 11.1. The Balaban J connectivity index is 1.79. The molecule has 0 atom stereocenters. The van der Waals surface area contributed by atoms with Gasteiger partial charge in [0.1, 0.15) is 0 Å². The maximum absolute atomic E-state index is 6.08. The highest BCUT2D eigenvalue weighted by molar-refractivity contribution is 5.93. The highest BCUT2D eigenvalue weighted by atomic mass is 15.0. The summed E-state index contributed by atoms with van der Waals surface area (Å²) in [5.74, 6) is 0. The lowest BCUT2D eigenvalue weighted by atomic mass is 9.95. The number of benzene rings is 3. The SMILES string of the molecule is C=CC(=C\c1c(C)c(C)c(-c2ccc(-c3ccc(/C(C=C)=C/C)nc3)cc2C=C)n1-c1cccc2ccccc12)/C(/C=C\C)=C/N. The Hall–Kier alpha value is -5.67. The Labute approximate surface area is 273 Å². The quantitative estimate of drug-likeness (QED) is 0.162. The summed E-state index contributed by atoms with van der Waals surface area (Å²) in [5.41, 5.74) is 19.8. The molecule has 0 bridgehead atoms. The van der Waals surface area contributed by atoms with Crippen molar-refractivity contribution in [3.05, 3.63) is 175 Å². The largest absolute Gasteiger partial charge is 0.404 e. The first-order chi connectivity index (χ1) is 22.4. The second kappa shape index (κ2) is 14.0. The fourth-order valence-electron chi connectivity index (χ4n) is 6.04. The molecular formula is C43H41N3. The number of nitrogens with two attached hydrogens (primary N) is 1. The van der Waals surface area contributed by atoms with Crippen molar-refractivity contribution in [3.63, 3.8) is 0 Å². The van der Waals surface area contributed by atoms with E-state index in [1.165, 1.54) is 21.9 Å². The Morgan fingerprint density at radius 1 is 0.826 bits per heavy atom. The van der Waals surface area contributed by atoms with Gasteiger partial charge in [0.15, 0.2) is 0 Å². The van der Waals surface area contributed by atoms with Crippen LogP contribution in [0.15, 0.2) is 146 Å². The number of nitrogens with zero attached hydrogens (tertiary/aromatic N) is 2. The van der Waals surface area contributed by atoms with E-state index in [1.807, 2.05) is 62.6 Å². The summed E-state index contributed by atoms with van der Waals surface area (Å²) >= 11 is 0. The first-order valence-electron chi connectivity index (χ1n) is 15.5. The first-order valence-corrected chi connectivity index (χ1v) is 15.5. The Morgan fingerprint density at radius 2 is 1.59 bits per heavy atom. The lowest BCUT2D eigenvalue weighted by Crippen LogP contribution is -2.03. The van der Waals surface area contributed by atoms with Crippen molar-refractivity contribution in [2.75, 3.05) is 0 Å². The van der Waals surface area contributed by atoms with Gasteiger partial charge in [-0.3, -0.25) is 4.98 Å². The van der Waals surface area contributed by atoms with Gasteiger partial charge in [-0.15, -0.1) is 0 Å². The van der Waals surface area contributed by atoms with Crippen LogP contribution >= 0.6 is 0 Å². The van der Waals surface area contributed by atoms with E-state index < -0.39 is 0 Å². The summed E-state index contributed by atoms with van der Waals surface area (Å²) in [5, 5.41) is 2.35. The summed E-state index contributed by atoms with van der Waals surface area (Å²) in [4.78, 5) is 4.71. The predicted octanol–water partition coefficient (Wildman–Crippen LogP) is 11.2. The number of pyridine rings is 1. The molecule has 0 saturated carbocycles. The Bertz CT molecular complexity index is 2070. The maximum Gasteiger partial charge on any atom is 0.0698 e. The minimum Gasteiger partial charge on any atom is -0.404 e. The minimum absolute atomic E-state index is 0.905. The zero-order chi connectivity index (χ0) is 32.8. The van der Waals surface area contributed by atoms with E-state index in [2.05, 4.69) is 111 Å². The van der Waals surface area contributed by atoms with Crippen LogP contribution in [0.1, 0.15) is 41.9 Å². The summed E-state index contributed by atoms with van der Waals surface area (Å²) in [6, 6.07) is 25.7. The van der Waals surface area contributed by atoms with E-state index in [-0.39, 0.29) is 0 Å². The summed E-state index contributed by atoms with van der Waals surface area (Å²) < 4.78 is 2.38. The molecule has 2 N–H and O–H groups in total. The lowest BCUT2D eigenvalue weighted by molar-refractivity contribution is 1.07. The average Bonchev–Trinajstić information content (AvgIpc) is 3.34. The van der Waals surface area contributed by atoms with E-state index in [9.17, 15) is 0 Å². The molecule has 0 saturated heterocycles. The van der Waals surface area contributed by atoms with Gasteiger partial charge in [-0.05, 0) is 96.3 Å². The molecule has 2 heterocycles. The topological polar surface area (TPSA) is 43.8 Å². The molecule has 0 aliphatic carbocycles. The van der Waals surface area contributed by atoms with Crippen molar-refractivity contribution >= 4 is 28.5 Å². The molecule has 46 heavy (non-hydrogen) atoms. The molecule has 228 valence electrons. The summed E-state index contributed by atoms with van der Waals surface area (Å²) in [6.07, 6.45) is 17.4. The number of fused-ring (bicyclic) bond motifs is 1. The first kappa shape index (κ1) is 31.7. The third-order valence-corrected chi connectivity index (χ3v) is 8.60. The van der Waals surface area contributed by atoms with Crippen LogP contribution in [0.2, 0.25) is 0 Å². The zero-order valence-corrected chi connectivity index (χ0v) is 27.2. The molecule has 5 aromatic rings. The van der Waals surface area contributed by atoms with Gasteiger partial charge in [0.2, 0.25) is 0 Å². The molecule has 0 fully saturated rings. The number of rotatable bonds is 10. The fourth-order valence-corrected chi connectivity index (χ4v) is 6.04. The number of allylic oxidation sites excluding steroid dienone is 8. The van der Waals surface area contributed by atoms with Gasteiger partial charge < -0.3 is 10.3 Å². The van der Waals surface area contributed by atoms with Crippen molar-refractivity contribution in [2.24, 2.45) is 5.73 Å². The highest BCUT2D eigenvalue weighted by Crippen LogP contribution is 2.40. The molecule has 2 aromatic heterocycles. The number of aromatic nitrogens is 2. The van der Waals surface area contributed by atoms with Crippen LogP contribution in [0.5, 0.6) is 0 Å². The predicted molar refractivity (Wildman–Crippen MR) is 201 cm³/mol. The van der Waals surface area contributed by atoms with Crippen molar-refractivity contribution in [1.29, 1.82) is 0 Å². The van der Waals surface area contributed by atoms with Crippen LogP contribution in [0.4, 0.5) is 0 Å². The molecule has 0 radical (unpaired) electrons. The number of hydrogen-bond acceptors (Lipinski definition) is 2. The van der Waals surface area contributed by atoms with Crippen molar-refractivity contribution in [3.8, 4) is 28.1 Å². The molecule has 0 spiro atoms. The van der Waals surface area contributed by atoms with Gasteiger partial charge in [0.05, 0.1) is 22.8 Å². The third-order valence-electron chi connectivity index (χ3n) is 8.60. The van der Waals surface area contributed by atoms with Crippen molar-refractivity contribution in [1.82, 2.24) is 9.55 Å². The van der Waals surface area contributed by atoms with Gasteiger partial charge in [0.25, 0.3) is 0 Å². The molecule has 0 unspecified atom stereocenters. The van der Waals surface area contributed by atoms with E-state index in [1.54, 1.807) is 6.20 Å². The standard InChI is InChI=1S/C43H41N3/c1-8-16-36(27-44)32(11-4)26-42-29(6)30(7)43(46(42)41-20-15-18-34-17-13-14-19-38(34)41)39-23-21-35(25-33(39)12-5)37-22-24-40(45-28-37)31(9-2)10-3/h8-28H,2,4-5,44H2,1,3,6-7H3/b16-8-,31-10+,32-26+,36-27+. The molecule has 3 aromatic carbocycles. The molecule has 3 heteroatoms. The van der Waals surface area contributed by atoms with Gasteiger partial charge in [-0.25, -0.2) is 0 Å². The van der Waals surface area contributed by atoms with Crippen LogP contribution in [0.3, 0.4) is 0 Å². The van der Waals surface area contributed by atoms with Gasteiger partial charge in [-0.1, -0.05) is 111 Å². The number of hydrogen-bond donors (Lipinski definition) is 1. The van der Waals surface area contributed by atoms with E-state index in [4.69, 9.17) is 10.7 Å². The minimum atomic E-state index is 0.905. The van der Waals surface area contributed by atoms with E-state index in [0.29, 0.717) is 0 Å². The van der Waals surface area contributed by atoms with Gasteiger partial charge in [0, 0.05) is 28.9 Å². The molecule has 3 nitrogen and oxygen atoms in total. The van der Waals surface area contributed by atoms with E-state index in [0.717, 1.165) is 61.7 Å². The second-order valence-corrected chi connectivity index (χ2v) is 11.1. The van der Waals surface area contributed by atoms with Crippen molar-refractivity contribution in [2.45, 2.75) is 27.7 Å². The summed E-state index contributed by atoms with van der Waals surface area (Å²) in [6.45, 7) is 20.7. The summed E-state index contributed by atoms with van der Waals surface area (Å²) in [7, 11) is 0. The van der Waals surface area contributed by atoms with Crippen LogP contribution < -0.4 is 5.73 Å². The van der Waals surface area contributed by atoms with Crippen LogP contribution in [-0.2, 0) is 0 Å². The van der Waals surface area contributed by atoms with Crippen LogP contribution in [0, 0.1) is 13.8 Å².